The fraction of sp³-hybridized carbons (Fsp3) is 0.750. The van der Waals surface area contributed by atoms with Crippen LogP contribution in [0.15, 0.2) is 12.2 Å². The van der Waals surface area contributed by atoms with Crippen LogP contribution in [0.25, 0.3) is 0 Å². The van der Waals surface area contributed by atoms with Crippen molar-refractivity contribution in [3.8, 4) is 0 Å². The second-order valence-corrected chi connectivity index (χ2v) is 6.31. The highest BCUT2D eigenvalue weighted by Crippen LogP contribution is 2.10. The molecule has 0 saturated carbocycles. The molecule has 0 bridgehead atoms. The molecule has 0 spiro atoms. The topological polar surface area (TPSA) is 29.5 Å². The van der Waals surface area contributed by atoms with Gasteiger partial charge in [-0.1, -0.05) is 25.5 Å². The van der Waals surface area contributed by atoms with Gasteiger partial charge in [-0.15, -0.1) is 0 Å². The lowest BCUT2D eigenvalue weighted by molar-refractivity contribution is 0.257. The zero-order valence-electron chi connectivity index (χ0n) is 7.68. The van der Waals surface area contributed by atoms with E-state index in [4.69, 9.17) is 4.43 Å². The van der Waals surface area contributed by atoms with E-state index in [1.54, 1.807) is 0 Å². The van der Waals surface area contributed by atoms with E-state index in [2.05, 4.69) is 6.58 Å². The Hall–Kier alpha value is -0.123. The fourth-order valence-electron chi connectivity index (χ4n) is 0.815. The van der Waals surface area contributed by atoms with Gasteiger partial charge in [-0.25, -0.2) is 0 Å². The van der Waals surface area contributed by atoms with Crippen molar-refractivity contribution >= 4 is 8.56 Å². The molecule has 0 aromatic heterocycles. The number of hydrogen-bond donors (Lipinski definition) is 1. The van der Waals surface area contributed by atoms with Crippen LogP contribution in [0.1, 0.15) is 20.3 Å². The molecular formula is C8H18O2Si. The van der Waals surface area contributed by atoms with Crippen LogP contribution < -0.4 is 0 Å². The second kappa shape index (κ2) is 4.69. The molecule has 11 heavy (non-hydrogen) atoms. The van der Waals surface area contributed by atoms with Crippen molar-refractivity contribution in [2.24, 2.45) is 0 Å². The van der Waals surface area contributed by atoms with Gasteiger partial charge >= 0.3 is 8.56 Å². The molecule has 0 heterocycles. The van der Waals surface area contributed by atoms with Crippen LogP contribution in [0, 0.1) is 0 Å². The summed E-state index contributed by atoms with van der Waals surface area (Å²) in [6, 6.07) is 0.806. The summed E-state index contributed by atoms with van der Waals surface area (Å²) in [6.07, 6.45) is 0.982. The Morgan fingerprint density at radius 1 is 1.64 bits per heavy atom. The molecular weight excluding hydrogens is 156 g/mol. The van der Waals surface area contributed by atoms with E-state index in [-0.39, 0.29) is 0 Å². The molecule has 1 atom stereocenters. The van der Waals surface area contributed by atoms with E-state index >= 15 is 0 Å². The summed E-state index contributed by atoms with van der Waals surface area (Å²) in [7, 11) is -2.33. The summed E-state index contributed by atoms with van der Waals surface area (Å²) in [4.78, 5) is 9.64. The minimum absolute atomic E-state index is 0.499. The van der Waals surface area contributed by atoms with Gasteiger partial charge < -0.3 is 9.22 Å². The molecule has 0 aromatic rings. The van der Waals surface area contributed by atoms with Gasteiger partial charge in [0.15, 0.2) is 0 Å². The minimum atomic E-state index is -2.33. The van der Waals surface area contributed by atoms with Crippen LogP contribution in [0.5, 0.6) is 0 Å². The predicted molar refractivity (Wildman–Crippen MR) is 49.7 cm³/mol. The number of rotatable bonds is 5. The second-order valence-electron chi connectivity index (χ2n) is 3.17. The van der Waals surface area contributed by atoms with Gasteiger partial charge in [0.25, 0.3) is 0 Å². The largest absolute Gasteiger partial charge is 0.411 e. The highest BCUT2D eigenvalue weighted by Gasteiger charge is 2.24. The number of hydrogen-bond acceptors (Lipinski definition) is 2. The molecule has 66 valence electrons. The van der Waals surface area contributed by atoms with Crippen molar-refractivity contribution < 1.29 is 9.22 Å². The Morgan fingerprint density at radius 2 is 2.18 bits per heavy atom. The van der Waals surface area contributed by atoms with E-state index in [1.165, 1.54) is 0 Å². The highest BCUT2D eigenvalue weighted by molar-refractivity contribution is 6.64. The Morgan fingerprint density at radius 3 is 2.55 bits per heavy atom. The van der Waals surface area contributed by atoms with Crippen LogP contribution in [-0.2, 0) is 4.43 Å². The van der Waals surface area contributed by atoms with Crippen LogP contribution in [0.2, 0.25) is 12.6 Å². The summed E-state index contributed by atoms with van der Waals surface area (Å²) in [5.74, 6) is 0. The van der Waals surface area contributed by atoms with Gasteiger partial charge in [-0.3, -0.25) is 0 Å². The van der Waals surface area contributed by atoms with Crippen molar-refractivity contribution in [3.63, 3.8) is 0 Å². The predicted octanol–water partition coefficient (Wildman–Crippen LogP) is 2.05. The van der Waals surface area contributed by atoms with Crippen molar-refractivity contribution in [3.05, 3.63) is 12.2 Å². The maximum atomic E-state index is 9.64. The van der Waals surface area contributed by atoms with Crippen LogP contribution >= 0.6 is 0 Å². The average Bonchev–Trinajstić information content (AvgIpc) is 1.84. The Labute approximate surface area is 70.1 Å². The molecule has 1 N–H and O–H groups in total. The van der Waals surface area contributed by atoms with Crippen molar-refractivity contribution in [2.75, 3.05) is 6.61 Å². The van der Waals surface area contributed by atoms with Crippen molar-refractivity contribution in [2.45, 2.75) is 32.9 Å². The quantitative estimate of drug-likeness (QED) is 0.510. The van der Waals surface area contributed by atoms with Crippen molar-refractivity contribution in [1.82, 2.24) is 0 Å². The molecule has 1 unspecified atom stereocenters. The molecule has 0 fully saturated rings. The first-order chi connectivity index (χ1) is 4.98. The Bertz CT molecular complexity index is 132. The molecule has 0 aromatic carbocycles. The average molecular weight is 174 g/mol. The molecule has 0 aliphatic heterocycles. The molecule has 0 aliphatic rings. The Balaban J connectivity index is 3.63. The smallest absolute Gasteiger partial charge is 0.332 e. The van der Waals surface area contributed by atoms with Crippen LogP contribution in [0.4, 0.5) is 0 Å². The highest BCUT2D eigenvalue weighted by atomic mass is 28.4. The van der Waals surface area contributed by atoms with E-state index in [0.29, 0.717) is 6.61 Å². The first kappa shape index (κ1) is 10.9. The molecule has 3 heteroatoms. The zero-order valence-corrected chi connectivity index (χ0v) is 8.68. The van der Waals surface area contributed by atoms with E-state index < -0.39 is 8.56 Å². The van der Waals surface area contributed by atoms with E-state index in [1.807, 2.05) is 20.4 Å². The third-order valence-electron chi connectivity index (χ3n) is 1.34. The third-order valence-corrected chi connectivity index (χ3v) is 3.54. The van der Waals surface area contributed by atoms with Crippen LogP contribution in [-0.4, -0.2) is 20.0 Å². The summed E-state index contributed by atoms with van der Waals surface area (Å²) >= 11 is 0. The van der Waals surface area contributed by atoms with E-state index in [9.17, 15) is 4.80 Å². The van der Waals surface area contributed by atoms with Gasteiger partial charge in [0.05, 0.1) is 6.61 Å². The monoisotopic (exact) mass is 174 g/mol. The van der Waals surface area contributed by atoms with Crippen LogP contribution in [0.3, 0.4) is 0 Å². The van der Waals surface area contributed by atoms with Gasteiger partial charge in [0.1, 0.15) is 0 Å². The SMILES string of the molecule is C=C(C)CO[Si](C)(O)CCC. The summed E-state index contributed by atoms with van der Waals surface area (Å²) in [6.45, 7) is 9.97. The Kier molecular flexibility index (Phi) is 4.64. The maximum Gasteiger partial charge on any atom is 0.332 e. The lowest BCUT2D eigenvalue weighted by atomic mass is 10.4. The molecule has 0 amide bonds. The summed E-state index contributed by atoms with van der Waals surface area (Å²) in [5.41, 5.74) is 0.967. The zero-order chi connectivity index (χ0) is 8.91. The lowest BCUT2D eigenvalue weighted by Crippen LogP contribution is -2.34. The third kappa shape index (κ3) is 6.28. The van der Waals surface area contributed by atoms with Gasteiger partial charge in [0.2, 0.25) is 0 Å². The maximum absolute atomic E-state index is 9.64. The first-order valence-corrected chi connectivity index (χ1v) is 6.55. The summed E-state index contributed by atoms with van der Waals surface area (Å²) < 4.78 is 5.33. The fourth-order valence-corrected chi connectivity index (χ4v) is 2.44. The molecule has 0 rings (SSSR count). The molecule has 0 saturated heterocycles. The lowest BCUT2D eigenvalue weighted by Gasteiger charge is -2.19. The molecule has 0 aliphatic carbocycles. The summed E-state index contributed by atoms with van der Waals surface area (Å²) in [5, 5.41) is 0. The standard InChI is InChI=1S/C8H18O2Si/c1-5-6-11(4,9)10-7-8(2)3/h9H,2,5-7H2,1,3-4H3. The van der Waals surface area contributed by atoms with E-state index in [0.717, 1.165) is 18.0 Å². The molecule has 0 radical (unpaired) electrons. The minimum Gasteiger partial charge on any atom is -0.411 e. The van der Waals surface area contributed by atoms with Gasteiger partial charge in [-0.2, -0.15) is 0 Å². The normalized spacial score (nSPS) is 16.0. The van der Waals surface area contributed by atoms with Crippen molar-refractivity contribution in [1.29, 1.82) is 0 Å². The molecule has 2 nitrogen and oxygen atoms in total. The van der Waals surface area contributed by atoms with Gasteiger partial charge in [-0.05, 0) is 19.5 Å². The first-order valence-electron chi connectivity index (χ1n) is 3.98. The van der Waals surface area contributed by atoms with Gasteiger partial charge in [0, 0.05) is 0 Å².